The van der Waals surface area contributed by atoms with Crippen molar-refractivity contribution in [2.75, 3.05) is 18.1 Å². The zero-order valence-electron chi connectivity index (χ0n) is 21.6. The summed E-state index contributed by atoms with van der Waals surface area (Å²) in [6.45, 7) is 8.35. The van der Waals surface area contributed by atoms with Crippen LogP contribution in [0.1, 0.15) is 75.2 Å². The number of fused-ring (bicyclic) bond motifs is 1. The maximum Gasteiger partial charge on any atom is 0.309 e. The molecule has 7 nitrogen and oxygen atoms in total. The molecule has 1 aliphatic heterocycles. The average molecular weight is 493 g/mol. The van der Waals surface area contributed by atoms with Crippen LogP contribution in [0.25, 0.3) is 0 Å². The van der Waals surface area contributed by atoms with E-state index in [1.54, 1.807) is 43.0 Å². The van der Waals surface area contributed by atoms with Crippen LogP contribution < -0.4 is 9.64 Å². The Morgan fingerprint density at radius 1 is 1.08 bits per heavy atom. The van der Waals surface area contributed by atoms with Crippen LogP contribution in [0.15, 0.2) is 48.5 Å². The average Bonchev–Trinajstić information content (AvgIpc) is 3.69. The van der Waals surface area contributed by atoms with Crippen molar-refractivity contribution < 1.29 is 24.2 Å². The van der Waals surface area contributed by atoms with Gasteiger partial charge in [-0.05, 0) is 89.3 Å². The van der Waals surface area contributed by atoms with E-state index in [9.17, 15) is 19.5 Å². The number of rotatable bonds is 9. The predicted molar refractivity (Wildman–Crippen MR) is 138 cm³/mol. The lowest BCUT2D eigenvalue weighted by Gasteiger charge is -2.40. The first-order chi connectivity index (χ1) is 17.1. The Morgan fingerprint density at radius 3 is 2.36 bits per heavy atom. The Kier molecular flexibility index (Phi) is 7.38. The van der Waals surface area contributed by atoms with E-state index in [1.165, 1.54) is 0 Å². The topological polar surface area (TPSA) is 87.2 Å². The van der Waals surface area contributed by atoms with Crippen molar-refractivity contribution in [3.8, 4) is 5.75 Å². The summed E-state index contributed by atoms with van der Waals surface area (Å²) in [7, 11) is 0. The second-order valence-electron chi connectivity index (χ2n) is 10.5. The fourth-order valence-corrected chi connectivity index (χ4v) is 4.90. The lowest BCUT2D eigenvalue weighted by atomic mass is 9.84. The maximum atomic E-state index is 13.6. The van der Waals surface area contributed by atoms with Crippen molar-refractivity contribution in [1.82, 2.24) is 4.90 Å². The third-order valence-electron chi connectivity index (χ3n) is 7.39. The quantitative estimate of drug-likeness (QED) is 0.526. The number of aliphatic carboxylic acids is 1. The van der Waals surface area contributed by atoms with Crippen molar-refractivity contribution >= 4 is 23.5 Å². The summed E-state index contributed by atoms with van der Waals surface area (Å²) >= 11 is 0. The van der Waals surface area contributed by atoms with Crippen LogP contribution in [0.4, 0.5) is 5.69 Å². The molecular weight excluding hydrogens is 456 g/mol. The molecule has 1 aliphatic carbocycles. The fraction of sp³-hybridized carbons (Fsp3) is 0.483. The Hall–Kier alpha value is -3.35. The van der Waals surface area contributed by atoms with Crippen LogP contribution in [0.2, 0.25) is 0 Å². The van der Waals surface area contributed by atoms with Gasteiger partial charge in [-0.2, -0.15) is 0 Å². The second kappa shape index (κ2) is 10.3. The van der Waals surface area contributed by atoms with Gasteiger partial charge >= 0.3 is 5.97 Å². The van der Waals surface area contributed by atoms with E-state index in [0.29, 0.717) is 36.7 Å². The highest BCUT2D eigenvalue weighted by atomic mass is 16.5. The summed E-state index contributed by atoms with van der Waals surface area (Å²) in [6, 6.07) is 14.9. The molecular formula is C29H36N2O5. The van der Waals surface area contributed by atoms with Crippen molar-refractivity contribution in [3.63, 3.8) is 0 Å². The molecule has 192 valence electrons. The number of benzene rings is 2. The Balaban J connectivity index is 1.50. The van der Waals surface area contributed by atoms with Crippen molar-refractivity contribution in [1.29, 1.82) is 0 Å². The fourth-order valence-electron chi connectivity index (χ4n) is 4.90. The van der Waals surface area contributed by atoms with Crippen LogP contribution in [-0.2, 0) is 9.59 Å². The van der Waals surface area contributed by atoms with Gasteiger partial charge in [-0.25, -0.2) is 0 Å². The molecule has 36 heavy (non-hydrogen) atoms. The van der Waals surface area contributed by atoms with Gasteiger partial charge in [-0.1, -0.05) is 18.2 Å². The Morgan fingerprint density at radius 2 is 1.75 bits per heavy atom. The molecule has 0 unspecified atom stereocenters. The number of carbonyl (C=O) groups is 3. The van der Waals surface area contributed by atoms with Crippen LogP contribution in [-0.4, -0.2) is 53.0 Å². The Labute approximate surface area is 213 Å². The molecule has 1 heterocycles. The number of ether oxygens (including phenoxy) is 1. The molecule has 2 aromatic carbocycles. The van der Waals surface area contributed by atoms with Crippen LogP contribution >= 0.6 is 0 Å². The lowest BCUT2D eigenvalue weighted by molar-refractivity contribution is -0.147. The molecule has 7 heteroatoms. The number of amides is 2. The van der Waals surface area contributed by atoms with Gasteiger partial charge in [0.1, 0.15) is 5.75 Å². The first kappa shape index (κ1) is 25.7. The van der Waals surface area contributed by atoms with E-state index in [4.69, 9.17) is 4.74 Å². The number of carbonyl (C=O) groups excluding carboxylic acids is 2. The van der Waals surface area contributed by atoms with E-state index < -0.39 is 11.4 Å². The summed E-state index contributed by atoms with van der Waals surface area (Å²) in [5.74, 6) is -0.466. The van der Waals surface area contributed by atoms with Crippen LogP contribution in [0, 0.1) is 5.41 Å². The minimum Gasteiger partial charge on any atom is -0.494 e. The molecule has 2 atom stereocenters. The third-order valence-corrected chi connectivity index (χ3v) is 7.39. The summed E-state index contributed by atoms with van der Waals surface area (Å²) in [5.41, 5.74) is 1.38. The van der Waals surface area contributed by atoms with E-state index in [1.807, 2.05) is 43.0 Å². The maximum absolute atomic E-state index is 13.6. The van der Waals surface area contributed by atoms with Crippen LogP contribution in [0.3, 0.4) is 0 Å². The van der Waals surface area contributed by atoms with Gasteiger partial charge in [0.05, 0.1) is 17.9 Å². The van der Waals surface area contributed by atoms with Crippen molar-refractivity contribution in [2.24, 2.45) is 5.41 Å². The minimum absolute atomic E-state index is 0.117. The van der Waals surface area contributed by atoms with E-state index in [2.05, 4.69) is 0 Å². The molecule has 4 rings (SSSR count). The number of anilines is 1. The normalized spacial score (nSPS) is 19.4. The van der Waals surface area contributed by atoms with E-state index >= 15 is 0 Å². The second-order valence-corrected chi connectivity index (χ2v) is 10.5. The smallest absolute Gasteiger partial charge is 0.309 e. The summed E-state index contributed by atoms with van der Waals surface area (Å²) < 4.78 is 5.72. The number of nitrogens with zero attached hydrogens (tertiary/aromatic N) is 2. The number of hydrogen-bond donors (Lipinski definition) is 1. The van der Waals surface area contributed by atoms with Gasteiger partial charge in [-0.15, -0.1) is 0 Å². The molecule has 1 N–H and O–H groups in total. The summed E-state index contributed by atoms with van der Waals surface area (Å²) in [4.78, 5) is 42.2. The van der Waals surface area contributed by atoms with Crippen LogP contribution in [0.5, 0.6) is 5.75 Å². The van der Waals surface area contributed by atoms with Gasteiger partial charge in [0, 0.05) is 29.9 Å². The Bertz CT molecular complexity index is 1120. The van der Waals surface area contributed by atoms with Gasteiger partial charge in [-0.3, -0.25) is 14.4 Å². The highest BCUT2D eigenvalue weighted by Gasteiger charge is 2.41. The van der Waals surface area contributed by atoms with Crippen molar-refractivity contribution in [3.05, 3.63) is 59.7 Å². The molecule has 2 amide bonds. The SMILES string of the molecule is CCN(C(=O)[C@H]1C[C@H](C)N(C(=O)c2ccc(OCCC(C)(C)C(=O)O)cc2)c2ccccc21)C1CC1. The van der Waals surface area contributed by atoms with Gasteiger partial charge in [0.25, 0.3) is 5.91 Å². The molecule has 0 radical (unpaired) electrons. The molecule has 2 aliphatic rings. The first-order valence-corrected chi connectivity index (χ1v) is 12.8. The van der Waals surface area contributed by atoms with Gasteiger partial charge < -0.3 is 19.6 Å². The van der Waals surface area contributed by atoms with E-state index in [0.717, 1.165) is 24.1 Å². The molecule has 2 aromatic rings. The lowest BCUT2D eigenvalue weighted by Crippen LogP contribution is -2.47. The largest absolute Gasteiger partial charge is 0.494 e. The number of carboxylic acids is 1. The molecule has 0 spiro atoms. The van der Waals surface area contributed by atoms with Crippen molar-refractivity contribution in [2.45, 2.75) is 71.4 Å². The zero-order valence-corrected chi connectivity index (χ0v) is 21.6. The molecule has 0 saturated heterocycles. The number of likely N-dealkylation sites (N-methyl/N-ethyl adjacent to an activating group) is 1. The monoisotopic (exact) mass is 492 g/mol. The molecule has 1 saturated carbocycles. The minimum atomic E-state index is -0.861. The highest BCUT2D eigenvalue weighted by Crippen LogP contribution is 2.41. The first-order valence-electron chi connectivity index (χ1n) is 12.8. The molecule has 0 bridgehead atoms. The highest BCUT2D eigenvalue weighted by molar-refractivity contribution is 6.08. The summed E-state index contributed by atoms with van der Waals surface area (Å²) in [6.07, 6.45) is 3.11. The molecule has 0 aromatic heterocycles. The van der Waals surface area contributed by atoms with Gasteiger partial charge in [0.2, 0.25) is 5.91 Å². The molecule has 1 fully saturated rings. The zero-order chi connectivity index (χ0) is 26.0. The number of carboxylic acid groups (broad SMARTS) is 1. The third kappa shape index (κ3) is 5.25. The standard InChI is InChI=1S/C29H36N2O5/c1-5-30(21-12-13-21)27(33)24-18-19(2)31(25-9-7-6-8-23(24)25)26(32)20-10-14-22(15-11-20)36-17-16-29(3,4)28(34)35/h6-11,14-15,19,21,24H,5,12-13,16-18H2,1-4H3,(H,34,35)/t19-,24-/m0/s1. The van der Waals surface area contributed by atoms with E-state index in [-0.39, 0.29) is 30.4 Å². The number of hydrogen-bond acceptors (Lipinski definition) is 4. The summed E-state index contributed by atoms with van der Waals surface area (Å²) in [5, 5.41) is 9.25. The number of para-hydroxylation sites is 1. The van der Waals surface area contributed by atoms with Gasteiger partial charge in [0.15, 0.2) is 0 Å². The predicted octanol–water partition coefficient (Wildman–Crippen LogP) is 5.10.